The second-order valence-corrected chi connectivity index (χ2v) is 39.0. The number of benzene rings is 8. The SMILES string of the molecule is Brc1ccc2nc3c4cccnc4c4ncccc4c3nc2c1.C#C[Si](C)(C)C.C[Si](C)(C)C#Cc1ccc2nc3c4cccnc4c4ncccc4c3nc2c1.[CH3-].[Ru].[Ru].[W].c1cnc2c(c1)ccc1cccnc12.c1cnc2c(c1)ccc1cccnc12.c1cnc2c(c1)ccc1cccnc12.c1cnc2c(c1)ccc1cccnc12. The van der Waals surface area contributed by atoms with Gasteiger partial charge in [0.1, 0.15) is 16.1 Å². The molecule has 22 aromatic rings. The predicted octanol–water partition coefficient (Wildman–Crippen LogP) is 22.8. The number of pyridine rings is 12. The van der Waals surface area contributed by atoms with E-state index in [4.69, 9.17) is 26.4 Å². The molecule has 0 fully saturated rings. The van der Waals surface area contributed by atoms with Gasteiger partial charge in [-0.1, -0.05) is 158 Å². The Kier molecular flexibility index (Phi) is 27.1. The van der Waals surface area contributed by atoms with Gasteiger partial charge in [0.25, 0.3) is 0 Å². The molecule has 8 aromatic carbocycles. The van der Waals surface area contributed by atoms with Gasteiger partial charge in [-0.05, 0) is 133 Å². The molecule has 0 saturated carbocycles. The van der Waals surface area contributed by atoms with E-state index < -0.39 is 16.1 Å². The summed E-state index contributed by atoms with van der Waals surface area (Å²) in [6.45, 7) is 13.2. The summed E-state index contributed by atoms with van der Waals surface area (Å²) in [7, 11) is -2.53. The van der Waals surface area contributed by atoms with Crippen molar-refractivity contribution in [3.8, 4) is 23.4 Å². The molecule has 14 heterocycles. The molecule has 0 atom stereocenters. The minimum atomic E-state index is -1.43. The van der Waals surface area contributed by atoms with E-state index in [1.54, 1.807) is 74.4 Å². The van der Waals surface area contributed by atoms with E-state index in [0.717, 1.165) is 185 Å². The number of aromatic nitrogens is 16. The Balaban J connectivity index is 0.000000129. The molecule has 117 heavy (non-hydrogen) atoms. The summed E-state index contributed by atoms with van der Waals surface area (Å²) < 4.78 is 0.989. The Morgan fingerprint density at radius 2 is 0.470 bits per heavy atom. The van der Waals surface area contributed by atoms with Gasteiger partial charge in [0, 0.05) is 209 Å². The van der Waals surface area contributed by atoms with Crippen molar-refractivity contribution in [3.05, 3.63) is 322 Å². The molecule has 0 bridgehead atoms. The fourth-order valence-corrected chi connectivity index (χ4v) is 13.9. The fourth-order valence-electron chi connectivity index (χ4n) is 13.0. The number of nitrogens with zero attached hydrogens (tertiary/aromatic N) is 16. The number of hydrogen-bond donors (Lipinski definition) is 0. The van der Waals surface area contributed by atoms with Crippen molar-refractivity contribution in [3.63, 3.8) is 0 Å². The molecule has 14 aromatic heterocycles. The van der Waals surface area contributed by atoms with E-state index in [-0.39, 0.29) is 67.4 Å². The van der Waals surface area contributed by atoms with Gasteiger partial charge in [-0.15, -0.1) is 17.5 Å². The number of terminal acetylenes is 1. The van der Waals surface area contributed by atoms with Gasteiger partial charge in [0.2, 0.25) is 0 Å². The Hall–Kier alpha value is -12.2. The normalized spacial score (nSPS) is 10.9. The molecule has 0 saturated heterocycles. The smallest absolute Gasteiger partial charge is 0.129 e. The first-order valence-electron chi connectivity index (χ1n) is 36.6. The van der Waals surface area contributed by atoms with Crippen LogP contribution in [0.1, 0.15) is 5.56 Å². The maximum atomic E-state index is 5.12. The van der Waals surface area contributed by atoms with Crippen LogP contribution in [0, 0.1) is 30.9 Å². The first kappa shape index (κ1) is 84.3. The third-order valence-corrected chi connectivity index (χ3v) is 20.6. The van der Waals surface area contributed by atoms with Crippen LogP contribution in [-0.2, 0) is 60.0 Å². The Morgan fingerprint density at radius 1 is 0.256 bits per heavy atom. The van der Waals surface area contributed by atoms with Gasteiger partial charge in [-0.3, -0.25) is 59.8 Å². The zero-order valence-corrected chi connectivity index (χ0v) is 74.6. The van der Waals surface area contributed by atoms with Crippen LogP contribution in [0.3, 0.4) is 0 Å². The fraction of sp³-hybridized carbons (Fsp3) is 0.0632. The first-order chi connectivity index (χ1) is 55.2. The van der Waals surface area contributed by atoms with Crippen molar-refractivity contribution in [2.45, 2.75) is 39.3 Å². The maximum absolute atomic E-state index is 5.12. The van der Waals surface area contributed by atoms with E-state index in [9.17, 15) is 0 Å². The van der Waals surface area contributed by atoms with Crippen LogP contribution in [0.2, 0.25) is 39.3 Å². The second kappa shape index (κ2) is 37.6. The molecule has 0 spiro atoms. The second-order valence-electron chi connectivity index (χ2n) is 28.5. The van der Waals surface area contributed by atoms with Crippen molar-refractivity contribution in [2.75, 3.05) is 0 Å². The summed E-state index contributed by atoms with van der Waals surface area (Å²) in [5.41, 5.74) is 25.3. The van der Waals surface area contributed by atoms with E-state index in [0.29, 0.717) is 0 Å². The minimum Gasteiger partial charge on any atom is -0.358 e. The standard InChI is InChI=1S/C23H18N4Si.C18H9BrN4.4C12H8N2.C5H10Si.CH3.2Ru.W/c1-28(2,3)13-10-15-8-9-18-19(14-15)27-23-17-7-5-12-25-21(17)20-16(22(23)26-18)6-4-11-24-20;19-10-5-6-13-14(9-10)23-18-12-4-2-8-21-16(12)15-11(17(18)22-13)3-1-7-20-15;4*1-3-9-5-6-10-4-2-8-14-12(10)11(9)13-7-1;1-5-6(2,3)4;;;;/h4-9,11-12,14H,1-3H3;1-9H;4*1-8H;1H,2-4H3;1H3;;;/q;;;;;;;-1;;;. The molecule has 0 N–H and O–H groups in total. The van der Waals surface area contributed by atoms with Gasteiger partial charge in [0.05, 0.1) is 110 Å². The van der Waals surface area contributed by atoms with E-state index in [1.165, 1.54) is 0 Å². The predicted molar refractivity (Wildman–Crippen MR) is 480 cm³/mol. The molecule has 0 unspecified atom stereocenters. The summed E-state index contributed by atoms with van der Waals surface area (Å²) in [6, 6.07) is 76.4. The quantitative estimate of drug-likeness (QED) is 0.0455. The van der Waals surface area contributed by atoms with Gasteiger partial charge >= 0.3 is 0 Å². The molecule has 0 aliphatic rings. The van der Waals surface area contributed by atoms with Crippen LogP contribution in [0.4, 0.5) is 0 Å². The molecule has 0 aliphatic carbocycles. The van der Waals surface area contributed by atoms with Gasteiger partial charge in [-0.25, -0.2) is 19.9 Å². The van der Waals surface area contributed by atoms with Crippen LogP contribution in [0.5, 0.6) is 0 Å². The van der Waals surface area contributed by atoms with E-state index >= 15 is 0 Å². The van der Waals surface area contributed by atoms with Crippen molar-refractivity contribution >= 4 is 207 Å². The average molecular weight is 1960 g/mol. The Bertz CT molecular complexity index is 6870. The molecule has 22 rings (SSSR count). The third-order valence-electron chi connectivity index (χ3n) is 18.4. The number of halogens is 1. The average Bonchev–Trinajstić information content (AvgIpc) is 0.739. The summed E-state index contributed by atoms with van der Waals surface area (Å²) >= 11 is 3.50. The molecule has 22 heteroatoms. The van der Waals surface area contributed by atoms with Crippen molar-refractivity contribution in [1.29, 1.82) is 0 Å². The van der Waals surface area contributed by atoms with Crippen LogP contribution in [0.15, 0.2) is 309 Å². The van der Waals surface area contributed by atoms with Crippen LogP contribution in [0.25, 0.3) is 175 Å². The molecule has 0 aliphatic heterocycles. The topological polar surface area (TPSA) is 206 Å². The largest absolute Gasteiger partial charge is 0.358 e. The van der Waals surface area contributed by atoms with E-state index in [2.05, 4.69) is 229 Å². The molecule has 16 nitrogen and oxygen atoms in total. The summed E-state index contributed by atoms with van der Waals surface area (Å²) in [5.74, 6) is 3.31. The van der Waals surface area contributed by atoms with Crippen LogP contribution < -0.4 is 0 Å². The number of hydrogen-bond acceptors (Lipinski definition) is 16. The number of rotatable bonds is 0. The Morgan fingerprint density at radius 3 is 0.709 bits per heavy atom. The van der Waals surface area contributed by atoms with E-state index in [1.807, 2.05) is 133 Å². The molecular weight excluding hydrogens is 1890 g/mol. The molecular formula is C95H72BrN16Ru2Si2W-. The molecule has 0 amide bonds. The number of fused-ring (bicyclic) bond motifs is 26. The Labute approximate surface area is 725 Å². The monoisotopic (exact) mass is 1960 g/mol. The zero-order valence-electron chi connectivity index (χ0n) is 64.6. The maximum Gasteiger partial charge on any atom is 0.129 e. The minimum absolute atomic E-state index is 0. The van der Waals surface area contributed by atoms with Gasteiger partial charge in [0.15, 0.2) is 0 Å². The van der Waals surface area contributed by atoms with Crippen LogP contribution in [-0.4, -0.2) is 95.9 Å². The summed E-state index contributed by atoms with van der Waals surface area (Å²) in [5, 5.41) is 13.0. The van der Waals surface area contributed by atoms with Crippen LogP contribution >= 0.6 is 15.9 Å². The van der Waals surface area contributed by atoms with Crippen molar-refractivity contribution < 1.29 is 60.0 Å². The summed E-state index contributed by atoms with van der Waals surface area (Å²) in [6.07, 6.45) is 26.7. The van der Waals surface area contributed by atoms with Crippen molar-refractivity contribution in [2.24, 2.45) is 0 Å². The summed E-state index contributed by atoms with van der Waals surface area (Å²) in [4.78, 5) is 72.5. The van der Waals surface area contributed by atoms with Gasteiger partial charge < -0.3 is 7.43 Å². The third kappa shape index (κ3) is 18.9. The molecule has 570 valence electrons. The van der Waals surface area contributed by atoms with Crippen molar-refractivity contribution in [1.82, 2.24) is 79.7 Å². The van der Waals surface area contributed by atoms with Gasteiger partial charge in [-0.2, -0.15) is 0 Å². The zero-order chi connectivity index (χ0) is 77.4. The first-order valence-corrected chi connectivity index (χ1v) is 44.4. The molecule has 0 radical (unpaired) electrons.